The van der Waals surface area contributed by atoms with E-state index in [1.165, 1.54) is 0 Å². The summed E-state index contributed by atoms with van der Waals surface area (Å²) in [5.74, 6) is -0.205. The van der Waals surface area contributed by atoms with Crippen LogP contribution in [0.4, 0.5) is 5.69 Å². The average Bonchev–Trinajstić information content (AvgIpc) is 2.63. The van der Waals surface area contributed by atoms with Gasteiger partial charge in [-0.15, -0.1) is 0 Å². The van der Waals surface area contributed by atoms with Gasteiger partial charge in [0.05, 0.1) is 6.21 Å². The average molecular weight is 318 g/mol. The number of hydrazone groups is 1. The molecule has 0 bridgehead atoms. The molecule has 1 heterocycles. The number of rotatable bonds is 5. The quantitative estimate of drug-likeness (QED) is 0.561. The molecule has 3 rings (SSSR count). The Kier molecular flexibility index (Phi) is 4.81. The molecular formula is C19H18N4O. The van der Waals surface area contributed by atoms with Gasteiger partial charge in [-0.2, -0.15) is 5.10 Å². The van der Waals surface area contributed by atoms with Crippen molar-refractivity contribution in [2.75, 3.05) is 5.32 Å². The Labute approximate surface area is 140 Å². The molecule has 5 heteroatoms. The Morgan fingerprint density at radius 3 is 2.79 bits per heavy atom. The van der Waals surface area contributed by atoms with Gasteiger partial charge in [-0.25, -0.2) is 5.43 Å². The Morgan fingerprint density at radius 1 is 1.12 bits per heavy atom. The van der Waals surface area contributed by atoms with Crippen LogP contribution in [0.3, 0.4) is 0 Å². The van der Waals surface area contributed by atoms with Crippen LogP contribution >= 0.6 is 0 Å². The maximum Gasteiger partial charge on any atom is 0.262 e. The first-order valence-electron chi connectivity index (χ1n) is 7.71. The van der Waals surface area contributed by atoms with Crippen LogP contribution in [0.1, 0.15) is 12.5 Å². The zero-order valence-corrected chi connectivity index (χ0v) is 13.3. The van der Waals surface area contributed by atoms with Crippen molar-refractivity contribution < 1.29 is 4.79 Å². The van der Waals surface area contributed by atoms with E-state index in [9.17, 15) is 4.79 Å². The topological polar surface area (TPSA) is 66.4 Å². The molecule has 3 aromatic rings. The van der Waals surface area contributed by atoms with Crippen LogP contribution in [0, 0.1) is 0 Å². The number of benzene rings is 2. The fourth-order valence-corrected chi connectivity index (χ4v) is 2.37. The third-order valence-electron chi connectivity index (χ3n) is 3.63. The lowest BCUT2D eigenvalue weighted by Gasteiger charge is -2.15. The lowest BCUT2D eigenvalue weighted by molar-refractivity contribution is -0.121. The fraction of sp³-hybridized carbons (Fsp3) is 0.105. The largest absolute Gasteiger partial charge is 0.373 e. The zero-order chi connectivity index (χ0) is 16.8. The highest BCUT2D eigenvalue weighted by molar-refractivity contribution is 5.96. The summed E-state index contributed by atoms with van der Waals surface area (Å²) in [7, 11) is 0. The summed E-state index contributed by atoms with van der Waals surface area (Å²) in [5.41, 5.74) is 4.29. The first-order chi connectivity index (χ1) is 11.7. The van der Waals surface area contributed by atoms with Crippen LogP contribution < -0.4 is 10.7 Å². The lowest BCUT2D eigenvalue weighted by atomic mass is 10.1. The van der Waals surface area contributed by atoms with E-state index >= 15 is 0 Å². The standard InChI is InChI=1S/C19H18N4O/c1-14(19(24)23-21-13-15-6-5-11-20-12-15)22-18-10-4-8-16-7-2-3-9-17(16)18/h2-14,22H,1H3,(H,23,24)/b21-13+. The van der Waals surface area contributed by atoms with E-state index in [4.69, 9.17) is 0 Å². The molecule has 0 aliphatic heterocycles. The third-order valence-corrected chi connectivity index (χ3v) is 3.63. The molecule has 2 N–H and O–H groups in total. The highest BCUT2D eigenvalue weighted by Gasteiger charge is 2.12. The fourth-order valence-electron chi connectivity index (χ4n) is 2.37. The van der Waals surface area contributed by atoms with Gasteiger partial charge < -0.3 is 5.32 Å². The van der Waals surface area contributed by atoms with E-state index in [-0.39, 0.29) is 5.91 Å². The predicted octanol–water partition coefficient (Wildman–Crippen LogP) is 3.19. The van der Waals surface area contributed by atoms with Crippen molar-refractivity contribution in [1.29, 1.82) is 0 Å². The van der Waals surface area contributed by atoms with Gasteiger partial charge in [0.1, 0.15) is 6.04 Å². The number of hydrogen-bond donors (Lipinski definition) is 2. The van der Waals surface area contributed by atoms with Crippen molar-refractivity contribution in [3.8, 4) is 0 Å². The first kappa shape index (κ1) is 15.7. The minimum absolute atomic E-state index is 0.205. The van der Waals surface area contributed by atoms with E-state index in [1.807, 2.05) is 54.6 Å². The lowest BCUT2D eigenvalue weighted by Crippen LogP contribution is -2.34. The monoisotopic (exact) mass is 318 g/mol. The van der Waals surface area contributed by atoms with Crippen molar-refractivity contribution in [1.82, 2.24) is 10.4 Å². The number of amides is 1. The Balaban J connectivity index is 1.64. The molecule has 0 spiro atoms. The molecule has 0 aliphatic rings. The third kappa shape index (κ3) is 3.76. The smallest absolute Gasteiger partial charge is 0.262 e. The van der Waals surface area contributed by atoms with Crippen LogP contribution in [0.25, 0.3) is 10.8 Å². The van der Waals surface area contributed by atoms with Crippen LogP contribution in [0.2, 0.25) is 0 Å². The SMILES string of the molecule is CC(Nc1cccc2ccccc12)C(=O)N/N=C/c1cccnc1. The molecule has 1 atom stereocenters. The summed E-state index contributed by atoms with van der Waals surface area (Å²) >= 11 is 0. The van der Waals surface area contributed by atoms with Crippen molar-refractivity contribution in [3.05, 3.63) is 72.6 Å². The van der Waals surface area contributed by atoms with E-state index in [0.717, 1.165) is 22.0 Å². The maximum atomic E-state index is 12.2. The second-order valence-corrected chi connectivity index (χ2v) is 5.41. The van der Waals surface area contributed by atoms with Crippen LogP contribution in [0.15, 0.2) is 72.1 Å². The summed E-state index contributed by atoms with van der Waals surface area (Å²) in [6.07, 6.45) is 4.93. The molecule has 5 nitrogen and oxygen atoms in total. The molecule has 0 aliphatic carbocycles. The Bertz CT molecular complexity index is 856. The summed E-state index contributed by atoms with van der Waals surface area (Å²) in [4.78, 5) is 16.2. The number of carbonyl (C=O) groups is 1. The van der Waals surface area contributed by atoms with E-state index in [1.54, 1.807) is 25.5 Å². The number of carbonyl (C=O) groups excluding carboxylic acids is 1. The molecule has 0 fully saturated rings. The Hall–Kier alpha value is -3.21. The molecule has 2 aromatic carbocycles. The minimum atomic E-state index is -0.415. The highest BCUT2D eigenvalue weighted by atomic mass is 16.2. The van der Waals surface area contributed by atoms with Gasteiger partial charge in [0.2, 0.25) is 0 Å². The number of fused-ring (bicyclic) bond motifs is 1. The van der Waals surface area contributed by atoms with E-state index in [2.05, 4.69) is 20.8 Å². The van der Waals surface area contributed by atoms with Gasteiger partial charge in [0.25, 0.3) is 5.91 Å². The second-order valence-electron chi connectivity index (χ2n) is 5.41. The molecule has 1 unspecified atom stereocenters. The number of anilines is 1. The Morgan fingerprint density at radius 2 is 1.96 bits per heavy atom. The summed E-state index contributed by atoms with van der Waals surface area (Å²) < 4.78 is 0. The maximum absolute atomic E-state index is 12.2. The van der Waals surface area contributed by atoms with Crippen molar-refractivity contribution in [3.63, 3.8) is 0 Å². The van der Waals surface area contributed by atoms with Gasteiger partial charge in [-0.05, 0) is 24.4 Å². The van der Waals surface area contributed by atoms with Crippen LogP contribution in [0.5, 0.6) is 0 Å². The van der Waals surface area contributed by atoms with Crippen LogP contribution in [-0.4, -0.2) is 23.1 Å². The summed E-state index contributed by atoms with van der Waals surface area (Å²) in [6, 6.07) is 17.3. The zero-order valence-electron chi connectivity index (χ0n) is 13.3. The number of pyridine rings is 1. The molecule has 24 heavy (non-hydrogen) atoms. The first-order valence-corrected chi connectivity index (χ1v) is 7.71. The molecule has 1 amide bonds. The van der Waals surface area contributed by atoms with Gasteiger partial charge in [0, 0.05) is 29.0 Å². The number of nitrogens with one attached hydrogen (secondary N) is 2. The van der Waals surface area contributed by atoms with Crippen molar-refractivity contribution >= 4 is 28.6 Å². The minimum Gasteiger partial charge on any atom is -0.373 e. The molecule has 0 saturated carbocycles. The molecule has 120 valence electrons. The van der Waals surface area contributed by atoms with Gasteiger partial charge in [-0.3, -0.25) is 9.78 Å². The summed E-state index contributed by atoms with van der Waals surface area (Å²) in [5, 5.41) is 9.41. The summed E-state index contributed by atoms with van der Waals surface area (Å²) in [6.45, 7) is 1.80. The van der Waals surface area contributed by atoms with Gasteiger partial charge in [-0.1, -0.05) is 42.5 Å². The second kappa shape index (κ2) is 7.37. The molecular weight excluding hydrogens is 300 g/mol. The molecule has 0 radical (unpaired) electrons. The van der Waals surface area contributed by atoms with Gasteiger partial charge in [0.15, 0.2) is 0 Å². The van der Waals surface area contributed by atoms with E-state index < -0.39 is 6.04 Å². The highest BCUT2D eigenvalue weighted by Crippen LogP contribution is 2.23. The molecule has 1 aromatic heterocycles. The van der Waals surface area contributed by atoms with Crippen LogP contribution in [-0.2, 0) is 4.79 Å². The number of nitrogens with zero attached hydrogens (tertiary/aromatic N) is 2. The van der Waals surface area contributed by atoms with Crippen molar-refractivity contribution in [2.24, 2.45) is 5.10 Å². The predicted molar refractivity (Wildman–Crippen MR) is 97.0 cm³/mol. The van der Waals surface area contributed by atoms with E-state index in [0.29, 0.717) is 0 Å². The van der Waals surface area contributed by atoms with Gasteiger partial charge >= 0.3 is 0 Å². The number of aromatic nitrogens is 1. The normalized spacial score (nSPS) is 12.2. The van der Waals surface area contributed by atoms with Crippen molar-refractivity contribution in [2.45, 2.75) is 13.0 Å². The number of hydrogen-bond acceptors (Lipinski definition) is 4. The molecule has 0 saturated heterocycles.